The van der Waals surface area contributed by atoms with E-state index < -0.39 is 28.9 Å². The fourth-order valence-electron chi connectivity index (χ4n) is 3.62. The maximum absolute atomic E-state index is 14.1. The van der Waals surface area contributed by atoms with Gasteiger partial charge in [-0.1, -0.05) is 6.07 Å². The van der Waals surface area contributed by atoms with Gasteiger partial charge in [-0.05, 0) is 53.1 Å². The number of hydrogen-bond donors (Lipinski definition) is 2. The average molecular weight is 454 g/mol. The van der Waals surface area contributed by atoms with E-state index in [9.17, 15) is 22.8 Å². The van der Waals surface area contributed by atoms with Crippen LogP contribution in [0.25, 0.3) is 27.5 Å². The normalized spacial score (nSPS) is 11.9. The predicted molar refractivity (Wildman–Crippen MR) is 111 cm³/mol. The topological polar surface area (TPSA) is 119 Å². The summed E-state index contributed by atoms with van der Waals surface area (Å²) < 4.78 is 47.6. The van der Waals surface area contributed by atoms with Crippen molar-refractivity contribution < 1.29 is 22.6 Å². The molecule has 0 radical (unpaired) electrons. The number of fused-ring (bicyclic) bond motifs is 2. The van der Waals surface area contributed by atoms with Crippen LogP contribution in [0.1, 0.15) is 21.6 Å². The van der Waals surface area contributed by atoms with Crippen LogP contribution in [0.15, 0.2) is 58.2 Å². The number of anilines is 1. The van der Waals surface area contributed by atoms with E-state index in [1.165, 1.54) is 36.5 Å². The summed E-state index contributed by atoms with van der Waals surface area (Å²) in [6.45, 7) is 1.66. The Kier molecular flexibility index (Phi) is 4.51. The van der Waals surface area contributed by atoms with Gasteiger partial charge in [0.15, 0.2) is 5.69 Å². The van der Waals surface area contributed by atoms with Crippen molar-refractivity contribution in [2.75, 3.05) is 5.32 Å². The summed E-state index contributed by atoms with van der Waals surface area (Å²) in [5.74, 6) is -1.01. The molecule has 0 aliphatic rings. The summed E-state index contributed by atoms with van der Waals surface area (Å²) in [6, 6.07) is 8.83. The number of halogens is 3. The van der Waals surface area contributed by atoms with Gasteiger partial charge in [0.2, 0.25) is 0 Å². The third-order valence-corrected chi connectivity index (χ3v) is 5.15. The van der Waals surface area contributed by atoms with Crippen LogP contribution in [0, 0.1) is 6.92 Å². The predicted octanol–water partition coefficient (Wildman–Crippen LogP) is 3.83. The van der Waals surface area contributed by atoms with E-state index in [1.54, 1.807) is 13.0 Å². The van der Waals surface area contributed by atoms with Crippen LogP contribution in [-0.4, -0.2) is 31.0 Å². The van der Waals surface area contributed by atoms with Gasteiger partial charge >= 0.3 is 6.18 Å². The molecule has 12 heteroatoms. The Hall–Kier alpha value is -4.48. The first kappa shape index (κ1) is 20.4. The first-order valence-corrected chi connectivity index (χ1v) is 9.54. The van der Waals surface area contributed by atoms with Gasteiger partial charge in [-0.2, -0.15) is 18.3 Å². The molecule has 0 unspecified atom stereocenters. The molecular weight excluding hydrogens is 441 g/mol. The molecule has 0 aliphatic carbocycles. The Balaban J connectivity index is 1.63. The molecule has 0 spiro atoms. The average Bonchev–Trinajstić information content (AvgIpc) is 3.40. The number of rotatable bonds is 3. The SMILES string of the molecule is Cc1cc2nonc2cc1NC(=O)c1cnn(-c2cccc3c(=O)[nH]ccc23)c1C(F)(F)F. The van der Waals surface area contributed by atoms with Crippen molar-refractivity contribution in [2.24, 2.45) is 0 Å². The second-order valence-electron chi connectivity index (χ2n) is 7.24. The first-order valence-electron chi connectivity index (χ1n) is 9.54. The minimum Gasteiger partial charge on any atom is -0.329 e. The highest BCUT2D eigenvalue weighted by molar-refractivity contribution is 6.06. The largest absolute Gasteiger partial charge is 0.434 e. The number of H-pyrrole nitrogens is 1. The molecule has 5 rings (SSSR count). The molecule has 2 N–H and O–H groups in total. The smallest absolute Gasteiger partial charge is 0.329 e. The lowest BCUT2D eigenvalue weighted by Crippen LogP contribution is -2.21. The van der Waals surface area contributed by atoms with Gasteiger partial charge in [0.1, 0.15) is 11.0 Å². The number of carbonyl (C=O) groups excluding carboxylic acids is 1. The van der Waals surface area contributed by atoms with Crippen molar-refractivity contribution in [2.45, 2.75) is 13.1 Å². The Morgan fingerprint density at radius 3 is 2.64 bits per heavy atom. The molecule has 9 nitrogen and oxygen atoms in total. The number of aromatic amines is 1. The number of aryl methyl sites for hydroxylation is 1. The Morgan fingerprint density at radius 2 is 1.88 bits per heavy atom. The van der Waals surface area contributed by atoms with Crippen LogP contribution in [0.4, 0.5) is 18.9 Å². The van der Waals surface area contributed by atoms with E-state index in [1.807, 2.05) is 0 Å². The first-order chi connectivity index (χ1) is 15.7. The van der Waals surface area contributed by atoms with Crippen molar-refractivity contribution in [1.29, 1.82) is 0 Å². The molecule has 33 heavy (non-hydrogen) atoms. The zero-order valence-electron chi connectivity index (χ0n) is 16.8. The molecule has 0 saturated heterocycles. The molecule has 0 bridgehead atoms. The van der Waals surface area contributed by atoms with E-state index in [0.29, 0.717) is 21.3 Å². The minimum atomic E-state index is -4.92. The van der Waals surface area contributed by atoms with Crippen LogP contribution in [0.2, 0.25) is 0 Å². The molecule has 2 aromatic carbocycles. The highest BCUT2D eigenvalue weighted by Crippen LogP contribution is 2.35. The molecule has 5 aromatic rings. The van der Waals surface area contributed by atoms with Crippen LogP contribution < -0.4 is 10.9 Å². The van der Waals surface area contributed by atoms with E-state index >= 15 is 0 Å². The highest BCUT2D eigenvalue weighted by atomic mass is 19.4. The van der Waals surface area contributed by atoms with Gasteiger partial charge in [0.05, 0.1) is 17.4 Å². The number of benzene rings is 2. The number of aromatic nitrogens is 5. The van der Waals surface area contributed by atoms with Gasteiger partial charge < -0.3 is 10.3 Å². The molecule has 0 aliphatic heterocycles. The molecule has 0 saturated carbocycles. The lowest BCUT2D eigenvalue weighted by Gasteiger charge is -2.14. The molecule has 1 amide bonds. The number of alkyl halides is 3. The van der Waals surface area contributed by atoms with E-state index in [4.69, 9.17) is 0 Å². The van der Waals surface area contributed by atoms with Gasteiger partial charge in [-0.3, -0.25) is 9.59 Å². The maximum atomic E-state index is 14.1. The molecule has 3 aromatic heterocycles. The van der Waals surface area contributed by atoms with Gasteiger partial charge in [0, 0.05) is 22.7 Å². The fraction of sp³-hybridized carbons (Fsp3) is 0.0952. The molecule has 0 atom stereocenters. The number of pyridine rings is 1. The molecule has 0 fully saturated rings. The van der Waals surface area contributed by atoms with Crippen LogP contribution >= 0.6 is 0 Å². The lowest BCUT2D eigenvalue weighted by molar-refractivity contribution is -0.143. The van der Waals surface area contributed by atoms with Crippen molar-refractivity contribution in [3.63, 3.8) is 0 Å². The van der Waals surface area contributed by atoms with Crippen LogP contribution in [0.5, 0.6) is 0 Å². The Labute approximate surface area is 181 Å². The van der Waals surface area contributed by atoms with Crippen molar-refractivity contribution in [3.8, 4) is 5.69 Å². The van der Waals surface area contributed by atoms with Crippen molar-refractivity contribution >= 4 is 33.4 Å². The summed E-state index contributed by atoms with van der Waals surface area (Å²) in [5.41, 5.74) is -0.806. The third kappa shape index (κ3) is 3.41. The summed E-state index contributed by atoms with van der Waals surface area (Å²) in [4.78, 5) is 27.4. The van der Waals surface area contributed by atoms with E-state index in [2.05, 4.69) is 30.3 Å². The quantitative estimate of drug-likeness (QED) is 0.428. The monoisotopic (exact) mass is 454 g/mol. The maximum Gasteiger partial charge on any atom is 0.434 e. The summed E-state index contributed by atoms with van der Waals surface area (Å²) in [6.07, 6.45) is -2.74. The van der Waals surface area contributed by atoms with Crippen LogP contribution in [-0.2, 0) is 6.18 Å². The standard InChI is InChI=1S/C21H13F3N6O3/c1-10-7-15-16(29-33-28-15)8-14(10)27-20(32)13-9-26-30(18(13)21(22,23)24)17-4-2-3-12-11(17)5-6-25-19(12)31/h2-9H,1H3,(H,25,31)(H,27,32). The lowest BCUT2D eigenvalue weighted by atomic mass is 10.1. The number of amides is 1. The molecule has 166 valence electrons. The summed E-state index contributed by atoms with van der Waals surface area (Å²) >= 11 is 0. The fourth-order valence-corrected chi connectivity index (χ4v) is 3.62. The van der Waals surface area contributed by atoms with Crippen molar-refractivity contribution in [1.82, 2.24) is 25.1 Å². The van der Waals surface area contributed by atoms with Gasteiger partial charge in [0.25, 0.3) is 11.5 Å². The zero-order valence-corrected chi connectivity index (χ0v) is 16.8. The van der Waals surface area contributed by atoms with Crippen LogP contribution in [0.3, 0.4) is 0 Å². The minimum absolute atomic E-state index is 0.0104. The number of hydrogen-bond acceptors (Lipinski definition) is 6. The Morgan fingerprint density at radius 1 is 1.12 bits per heavy atom. The van der Waals surface area contributed by atoms with E-state index in [-0.39, 0.29) is 22.1 Å². The van der Waals surface area contributed by atoms with Gasteiger partial charge in [-0.15, -0.1) is 0 Å². The van der Waals surface area contributed by atoms with E-state index in [0.717, 1.165) is 6.20 Å². The second-order valence-corrected chi connectivity index (χ2v) is 7.24. The zero-order chi connectivity index (χ0) is 23.3. The highest BCUT2D eigenvalue weighted by Gasteiger charge is 2.41. The number of nitrogens with zero attached hydrogens (tertiary/aromatic N) is 4. The molecular formula is C21H13F3N6O3. The summed E-state index contributed by atoms with van der Waals surface area (Å²) in [7, 11) is 0. The summed E-state index contributed by atoms with van der Waals surface area (Å²) in [5, 5.41) is 14.1. The van der Waals surface area contributed by atoms with Gasteiger partial charge in [-0.25, -0.2) is 9.31 Å². The second kappa shape index (κ2) is 7.29. The number of nitrogens with one attached hydrogen (secondary N) is 2. The third-order valence-electron chi connectivity index (χ3n) is 5.15. The Bertz CT molecular complexity index is 1600. The molecule has 3 heterocycles. The van der Waals surface area contributed by atoms with Crippen molar-refractivity contribution in [3.05, 3.63) is 76.0 Å². The number of carbonyl (C=O) groups is 1.